The summed E-state index contributed by atoms with van der Waals surface area (Å²) in [7, 11) is 0. The lowest BCUT2D eigenvalue weighted by molar-refractivity contribution is -0.119. The summed E-state index contributed by atoms with van der Waals surface area (Å²) in [6.07, 6.45) is 0. The second kappa shape index (κ2) is 6.96. The average Bonchev–Trinajstić information content (AvgIpc) is 3.02. The number of thioether (sulfide) groups is 1. The van der Waals surface area contributed by atoms with Crippen LogP contribution in [0.1, 0.15) is 26.5 Å². The van der Waals surface area contributed by atoms with E-state index in [4.69, 9.17) is 0 Å². The highest BCUT2D eigenvalue weighted by Crippen LogP contribution is 2.24. The van der Waals surface area contributed by atoms with Crippen LogP contribution in [-0.4, -0.2) is 27.6 Å². The van der Waals surface area contributed by atoms with Gasteiger partial charge in [-0.3, -0.25) is 9.59 Å². The van der Waals surface area contributed by atoms with Crippen LogP contribution < -0.4 is 5.32 Å². The molecule has 2 aromatic rings. The highest BCUT2D eigenvalue weighted by molar-refractivity contribution is 8.01. The smallest absolute Gasteiger partial charge is 0.217 e. The first-order valence-corrected chi connectivity index (χ1v) is 8.45. The van der Waals surface area contributed by atoms with Gasteiger partial charge in [0.1, 0.15) is 5.01 Å². The zero-order valence-corrected chi connectivity index (χ0v) is 13.5. The van der Waals surface area contributed by atoms with Gasteiger partial charge in [0.2, 0.25) is 5.91 Å². The molecule has 0 radical (unpaired) electrons. The standard InChI is InChI=1S/C12H13N3O2S3/c1-7(16)13-5-9-3-4-11(20-9)10(17)6-18-12-15-14-8(2)19-12/h3-4H,5-6H2,1-2H3,(H,13,16). The quantitative estimate of drug-likeness (QED) is 0.652. The summed E-state index contributed by atoms with van der Waals surface area (Å²) in [4.78, 5) is 24.5. The van der Waals surface area contributed by atoms with Crippen LogP contribution in [0.3, 0.4) is 0 Å². The van der Waals surface area contributed by atoms with E-state index in [0.29, 0.717) is 17.2 Å². The Balaban J connectivity index is 1.87. The predicted molar refractivity (Wildman–Crippen MR) is 81.5 cm³/mol. The molecule has 0 aliphatic carbocycles. The number of aromatic nitrogens is 2. The van der Waals surface area contributed by atoms with Crippen LogP contribution in [-0.2, 0) is 11.3 Å². The molecule has 0 spiro atoms. The fourth-order valence-corrected chi connectivity index (χ4v) is 4.04. The number of carbonyl (C=O) groups is 2. The molecule has 106 valence electrons. The Labute approximate surface area is 128 Å². The lowest BCUT2D eigenvalue weighted by Crippen LogP contribution is -2.18. The van der Waals surface area contributed by atoms with Crippen molar-refractivity contribution in [3.8, 4) is 0 Å². The molecule has 2 heterocycles. The minimum Gasteiger partial charge on any atom is -0.351 e. The summed E-state index contributed by atoms with van der Waals surface area (Å²) in [5.41, 5.74) is 0. The first-order chi connectivity index (χ1) is 9.54. The van der Waals surface area contributed by atoms with Gasteiger partial charge in [-0.1, -0.05) is 23.1 Å². The van der Waals surface area contributed by atoms with Crippen LogP contribution >= 0.6 is 34.4 Å². The zero-order valence-electron chi connectivity index (χ0n) is 11.0. The Morgan fingerprint density at radius 2 is 2.10 bits per heavy atom. The molecule has 1 amide bonds. The number of hydrogen-bond acceptors (Lipinski definition) is 7. The largest absolute Gasteiger partial charge is 0.351 e. The summed E-state index contributed by atoms with van der Waals surface area (Å²) < 4.78 is 0.811. The van der Waals surface area contributed by atoms with Crippen LogP contribution in [0.15, 0.2) is 16.5 Å². The Kier molecular flexibility index (Phi) is 5.27. The molecular formula is C12H13N3O2S3. The maximum absolute atomic E-state index is 12.0. The number of Topliss-reactive ketones (excluding diaryl/α,β-unsaturated/α-hetero) is 1. The summed E-state index contributed by atoms with van der Waals surface area (Å²) in [5.74, 6) is 0.352. The van der Waals surface area contributed by atoms with Gasteiger partial charge in [-0.15, -0.1) is 21.5 Å². The fraction of sp³-hybridized carbons (Fsp3) is 0.333. The van der Waals surface area contributed by atoms with Gasteiger partial charge in [-0.05, 0) is 19.1 Å². The van der Waals surface area contributed by atoms with Gasteiger partial charge in [0.05, 0.1) is 17.2 Å². The number of rotatable bonds is 6. The van der Waals surface area contributed by atoms with Crippen molar-refractivity contribution in [2.24, 2.45) is 0 Å². The molecule has 0 aliphatic heterocycles. The number of carbonyl (C=O) groups excluding carboxylic acids is 2. The first-order valence-electron chi connectivity index (χ1n) is 5.84. The molecule has 5 nitrogen and oxygen atoms in total. The number of ketones is 1. The number of thiophene rings is 1. The van der Waals surface area contributed by atoms with E-state index in [1.807, 2.05) is 13.0 Å². The van der Waals surface area contributed by atoms with Gasteiger partial charge in [-0.2, -0.15) is 0 Å². The average molecular weight is 327 g/mol. The minimum atomic E-state index is -0.0755. The van der Waals surface area contributed by atoms with Gasteiger partial charge in [0.15, 0.2) is 10.1 Å². The Morgan fingerprint density at radius 3 is 2.75 bits per heavy atom. The minimum absolute atomic E-state index is 0.0712. The summed E-state index contributed by atoms with van der Waals surface area (Å²) in [6, 6.07) is 3.67. The number of nitrogens with zero attached hydrogens (tertiary/aromatic N) is 2. The lowest BCUT2D eigenvalue weighted by Gasteiger charge is -1.97. The van der Waals surface area contributed by atoms with E-state index in [2.05, 4.69) is 15.5 Å². The summed E-state index contributed by atoms with van der Waals surface area (Å²) >= 11 is 4.30. The van der Waals surface area contributed by atoms with E-state index in [9.17, 15) is 9.59 Å². The normalized spacial score (nSPS) is 10.5. The van der Waals surface area contributed by atoms with E-state index in [0.717, 1.165) is 14.2 Å². The molecule has 2 aromatic heterocycles. The van der Waals surface area contributed by atoms with Crippen molar-refractivity contribution in [2.75, 3.05) is 5.75 Å². The Hall–Kier alpha value is -1.25. The van der Waals surface area contributed by atoms with E-state index in [1.165, 1.54) is 41.4 Å². The predicted octanol–water partition coefficient (Wildman–Crippen LogP) is 2.52. The van der Waals surface area contributed by atoms with Crippen LogP contribution in [0.4, 0.5) is 0 Å². The number of hydrogen-bond donors (Lipinski definition) is 1. The SMILES string of the molecule is CC(=O)NCc1ccc(C(=O)CSc2nnc(C)s2)s1. The topological polar surface area (TPSA) is 72.0 Å². The molecule has 2 rings (SSSR count). The molecule has 0 aromatic carbocycles. The van der Waals surface area contributed by atoms with Crippen molar-refractivity contribution in [1.29, 1.82) is 0 Å². The van der Waals surface area contributed by atoms with E-state index in [1.54, 1.807) is 6.07 Å². The second-order valence-electron chi connectivity index (χ2n) is 3.97. The van der Waals surface area contributed by atoms with Crippen molar-refractivity contribution < 1.29 is 9.59 Å². The van der Waals surface area contributed by atoms with Crippen LogP contribution in [0.2, 0.25) is 0 Å². The Morgan fingerprint density at radius 1 is 1.30 bits per heavy atom. The number of aryl methyl sites for hydroxylation is 1. The van der Waals surface area contributed by atoms with Crippen molar-refractivity contribution >= 4 is 46.1 Å². The molecule has 0 aliphatic rings. The van der Waals surface area contributed by atoms with E-state index < -0.39 is 0 Å². The van der Waals surface area contributed by atoms with Crippen molar-refractivity contribution in [1.82, 2.24) is 15.5 Å². The van der Waals surface area contributed by atoms with Crippen LogP contribution in [0, 0.1) is 6.92 Å². The number of nitrogens with one attached hydrogen (secondary N) is 1. The molecule has 0 bridgehead atoms. The monoisotopic (exact) mass is 327 g/mol. The molecule has 0 saturated carbocycles. The van der Waals surface area contributed by atoms with Crippen molar-refractivity contribution in [3.05, 3.63) is 26.9 Å². The molecule has 0 fully saturated rings. The summed E-state index contributed by atoms with van der Waals surface area (Å²) in [6.45, 7) is 3.83. The van der Waals surface area contributed by atoms with Gasteiger partial charge in [0, 0.05) is 11.8 Å². The van der Waals surface area contributed by atoms with E-state index in [-0.39, 0.29) is 11.7 Å². The van der Waals surface area contributed by atoms with Crippen LogP contribution in [0.5, 0.6) is 0 Å². The third-order valence-electron chi connectivity index (χ3n) is 2.28. The molecule has 20 heavy (non-hydrogen) atoms. The molecule has 8 heteroatoms. The first kappa shape index (κ1) is 15.1. The van der Waals surface area contributed by atoms with Gasteiger partial charge < -0.3 is 5.32 Å². The molecule has 0 saturated heterocycles. The van der Waals surface area contributed by atoms with Crippen LogP contribution in [0.25, 0.3) is 0 Å². The highest BCUT2D eigenvalue weighted by atomic mass is 32.2. The second-order valence-corrected chi connectivity index (χ2v) is 7.55. The number of amides is 1. The van der Waals surface area contributed by atoms with Gasteiger partial charge in [0.25, 0.3) is 0 Å². The highest BCUT2D eigenvalue weighted by Gasteiger charge is 2.11. The molecule has 0 unspecified atom stereocenters. The third kappa shape index (κ3) is 4.39. The molecule has 0 atom stereocenters. The zero-order chi connectivity index (χ0) is 14.5. The van der Waals surface area contributed by atoms with Gasteiger partial charge >= 0.3 is 0 Å². The fourth-order valence-electron chi connectivity index (χ4n) is 1.37. The van der Waals surface area contributed by atoms with Crippen molar-refractivity contribution in [2.45, 2.75) is 24.7 Å². The lowest BCUT2D eigenvalue weighted by atomic mass is 10.3. The van der Waals surface area contributed by atoms with Gasteiger partial charge in [-0.25, -0.2) is 0 Å². The van der Waals surface area contributed by atoms with E-state index >= 15 is 0 Å². The van der Waals surface area contributed by atoms with Crippen molar-refractivity contribution in [3.63, 3.8) is 0 Å². The Bertz CT molecular complexity index is 621. The molecular weight excluding hydrogens is 314 g/mol. The maximum atomic E-state index is 12.0. The third-order valence-corrected chi connectivity index (χ3v) is 5.38. The maximum Gasteiger partial charge on any atom is 0.217 e. The molecule has 1 N–H and O–H groups in total. The summed E-state index contributed by atoms with van der Waals surface area (Å²) in [5, 5.41) is 11.5.